The van der Waals surface area contributed by atoms with Crippen molar-refractivity contribution >= 4 is 33.4 Å². The molecule has 0 aliphatic carbocycles. The minimum absolute atomic E-state index is 0.0515. The van der Waals surface area contributed by atoms with Crippen molar-refractivity contribution in [1.29, 1.82) is 5.41 Å². The van der Waals surface area contributed by atoms with Gasteiger partial charge in [-0.3, -0.25) is 25.1 Å². The zero-order valence-electron chi connectivity index (χ0n) is 18.5. The van der Waals surface area contributed by atoms with E-state index in [1.54, 1.807) is 24.3 Å². The van der Waals surface area contributed by atoms with Crippen molar-refractivity contribution < 1.29 is 32.8 Å². The van der Waals surface area contributed by atoms with Crippen molar-refractivity contribution in [3.63, 3.8) is 0 Å². The molecule has 0 radical (unpaired) electrons. The van der Waals surface area contributed by atoms with Gasteiger partial charge in [0, 0.05) is 24.6 Å². The molecule has 6 N–H and O–H groups in total. The van der Waals surface area contributed by atoms with E-state index in [1.165, 1.54) is 12.1 Å². The quantitative estimate of drug-likeness (QED) is 0.0808. The van der Waals surface area contributed by atoms with Crippen LogP contribution in [0.4, 0.5) is 5.69 Å². The lowest BCUT2D eigenvalue weighted by Gasteiger charge is -2.15. The van der Waals surface area contributed by atoms with E-state index in [1.807, 2.05) is 4.72 Å². The van der Waals surface area contributed by atoms with E-state index in [2.05, 4.69) is 5.32 Å². The van der Waals surface area contributed by atoms with Crippen LogP contribution in [0.5, 0.6) is 5.75 Å². The van der Waals surface area contributed by atoms with Gasteiger partial charge in [0.15, 0.2) is 4.90 Å². The molecule has 0 fully saturated rings. The van der Waals surface area contributed by atoms with Gasteiger partial charge in [-0.2, -0.15) is 4.72 Å². The largest absolute Gasteiger partial charge is 0.494 e. The van der Waals surface area contributed by atoms with Crippen LogP contribution in [0.1, 0.15) is 24.8 Å². The summed E-state index contributed by atoms with van der Waals surface area (Å²) in [6, 6.07) is 9.41. The van der Waals surface area contributed by atoms with Crippen molar-refractivity contribution in [2.75, 3.05) is 13.2 Å². The lowest BCUT2D eigenvalue weighted by molar-refractivity contribution is -0.387. The number of nitrogens with zero attached hydrogens (tertiary/aromatic N) is 1. The molecule has 0 saturated heterocycles. The summed E-state index contributed by atoms with van der Waals surface area (Å²) in [5, 5.41) is 30.1. The van der Waals surface area contributed by atoms with Gasteiger partial charge in [0.2, 0.25) is 15.9 Å². The third kappa shape index (κ3) is 8.35. The van der Waals surface area contributed by atoms with Gasteiger partial charge in [0.05, 0.1) is 11.5 Å². The van der Waals surface area contributed by atoms with Crippen molar-refractivity contribution in [2.24, 2.45) is 5.73 Å². The van der Waals surface area contributed by atoms with Crippen molar-refractivity contribution in [1.82, 2.24) is 10.0 Å². The van der Waals surface area contributed by atoms with Crippen molar-refractivity contribution in [3.05, 3.63) is 64.2 Å². The van der Waals surface area contributed by atoms with Crippen LogP contribution in [-0.4, -0.2) is 55.4 Å². The maximum absolute atomic E-state index is 12.5. The van der Waals surface area contributed by atoms with Gasteiger partial charge >= 0.3 is 5.97 Å². The Morgan fingerprint density at radius 1 is 1.14 bits per heavy atom. The van der Waals surface area contributed by atoms with E-state index in [0.717, 1.165) is 12.1 Å². The number of aliphatic carboxylic acids is 1. The van der Waals surface area contributed by atoms with Gasteiger partial charge < -0.3 is 20.9 Å². The fraction of sp³-hybridized carbons (Fsp3) is 0.286. The van der Waals surface area contributed by atoms with Crippen LogP contribution in [0.3, 0.4) is 0 Å². The van der Waals surface area contributed by atoms with E-state index >= 15 is 0 Å². The Morgan fingerprint density at radius 3 is 2.40 bits per heavy atom. The Bertz CT molecular complexity index is 1180. The van der Waals surface area contributed by atoms with Gasteiger partial charge in [-0.05, 0) is 43.2 Å². The number of nitrogens with one attached hydrogen (secondary N) is 3. The number of para-hydroxylation sites is 1. The van der Waals surface area contributed by atoms with Crippen LogP contribution in [0.25, 0.3) is 0 Å². The Labute approximate surface area is 201 Å². The minimum atomic E-state index is -4.55. The Hall–Kier alpha value is -4.04. The van der Waals surface area contributed by atoms with Crippen LogP contribution in [0, 0.1) is 15.5 Å². The maximum atomic E-state index is 12.5. The van der Waals surface area contributed by atoms with Crippen LogP contribution in [0.15, 0.2) is 53.4 Å². The predicted octanol–water partition coefficient (Wildman–Crippen LogP) is 0.976. The predicted molar refractivity (Wildman–Crippen MR) is 125 cm³/mol. The Balaban J connectivity index is 1.80. The lowest BCUT2D eigenvalue weighted by atomic mass is 10.2. The normalized spacial score (nSPS) is 11.9. The maximum Gasteiger partial charge on any atom is 0.323 e. The smallest absolute Gasteiger partial charge is 0.323 e. The summed E-state index contributed by atoms with van der Waals surface area (Å²) in [4.78, 5) is 33.0. The molecule has 0 aromatic heterocycles. The fourth-order valence-corrected chi connectivity index (χ4v) is 4.24. The number of unbranched alkanes of at least 4 members (excludes halogenated alkanes) is 1. The van der Waals surface area contributed by atoms with Gasteiger partial charge in [0.1, 0.15) is 17.6 Å². The third-order valence-electron chi connectivity index (χ3n) is 4.68. The first kappa shape index (κ1) is 27.2. The molecule has 0 bridgehead atoms. The molecule has 13 nitrogen and oxygen atoms in total. The summed E-state index contributed by atoms with van der Waals surface area (Å²) >= 11 is 0. The van der Waals surface area contributed by atoms with Gasteiger partial charge in [0.25, 0.3) is 5.69 Å². The topological polar surface area (TPSA) is 215 Å². The van der Waals surface area contributed by atoms with Crippen LogP contribution < -0.4 is 20.5 Å². The molecular weight excluding hydrogens is 482 g/mol. The second-order valence-electron chi connectivity index (χ2n) is 7.28. The second kappa shape index (κ2) is 12.4. The van der Waals surface area contributed by atoms with E-state index in [0.29, 0.717) is 30.8 Å². The number of carbonyl (C=O) groups excluding carboxylic acids is 1. The molecule has 2 aromatic carbocycles. The molecule has 0 aliphatic rings. The average molecular weight is 508 g/mol. The summed E-state index contributed by atoms with van der Waals surface area (Å²) in [5.41, 5.74) is 5.24. The highest BCUT2D eigenvalue weighted by Gasteiger charge is 2.30. The van der Waals surface area contributed by atoms with Crippen LogP contribution >= 0.6 is 0 Å². The van der Waals surface area contributed by atoms with Gasteiger partial charge in [-0.1, -0.05) is 12.1 Å². The first-order valence-corrected chi connectivity index (χ1v) is 11.8. The first-order valence-electron chi connectivity index (χ1n) is 10.3. The summed E-state index contributed by atoms with van der Waals surface area (Å²) < 4.78 is 32.4. The van der Waals surface area contributed by atoms with E-state index in [4.69, 9.17) is 15.9 Å². The fourth-order valence-electron chi connectivity index (χ4n) is 2.88. The average Bonchev–Trinajstić information content (AvgIpc) is 2.81. The summed E-state index contributed by atoms with van der Waals surface area (Å²) in [7, 11) is -4.55. The lowest BCUT2D eigenvalue weighted by Crippen LogP contribution is -2.48. The number of ether oxygens (including phenoxy) is 1. The number of carboxylic acids is 1. The minimum Gasteiger partial charge on any atom is -0.494 e. The monoisotopic (exact) mass is 507 g/mol. The highest BCUT2D eigenvalue weighted by atomic mass is 32.2. The van der Waals surface area contributed by atoms with Crippen molar-refractivity contribution in [2.45, 2.75) is 30.2 Å². The molecule has 14 heteroatoms. The van der Waals surface area contributed by atoms with Gasteiger partial charge in [-0.25, -0.2) is 8.42 Å². The second-order valence-corrected chi connectivity index (χ2v) is 8.97. The number of amidine groups is 1. The van der Waals surface area contributed by atoms with E-state index < -0.39 is 50.0 Å². The molecule has 35 heavy (non-hydrogen) atoms. The number of nitro benzene ring substituents is 1. The summed E-state index contributed by atoms with van der Waals surface area (Å²) in [6.45, 7) is -0.229. The number of sulfonamides is 1. The number of nitro groups is 1. The molecule has 0 heterocycles. The van der Waals surface area contributed by atoms with Crippen LogP contribution in [0.2, 0.25) is 0 Å². The molecule has 1 amide bonds. The number of carbonyl (C=O) groups is 2. The SMILES string of the molecule is N=C(N)c1ccc(OCCCCC(=O)NC[C@H](NS(=O)(=O)c2ccccc2[N+](=O)[O-])C(=O)O)cc1. The zero-order chi connectivity index (χ0) is 26.0. The van der Waals surface area contributed by atoms with Crippen LogP contribution in [-0.2, 0) is 19.6 Å². The number of carboxylic acid groups (broad SMARTS) is 1. The van der Waals surface area contributed by atoms with Gasteiger partial charge in [-0.15, -0.1) is 0 Å². The van der Waals surface area contributed by atoms with E-state index in [9.17, 15) is 33.2 Å². The number of amides is 1. The highest BCUT2D eigenvalue weighted by Crippen LogP contribution is 2.22. The number of nitrogen functional groups attached to an aromatic ring is 1. The molecule has 0 spiro atoms. The molecule has 0 unspecified atom stereocenters. The number of hydrogen-bond acceptors (Lipinski definition) is 8. The third-order valence-corrected chi connectivity index (χ3v) is 6.20. The first-order chi connectivity index (χ1) is 16.5. The number of nitrogens with two attached hydrogens (primary N) is 1. The standard InChI is InChI=1S/C21H25N5O8S/c22-20(23)14-8-10-15(11-9-14)34-12-4-3-7-19(27)24-13-16(21(28)29)25-35(32,33)18-6-2-1-5-17(18)26(30)31/h1-2,5-6,8-11,16,25H,3-4,7,12-13H2,(H3,22,23)(H,24,27)(H,28,29)/t16-/m0/s1. The number of benzene rings is 2. The molecular formula is C21H25N5O8S. The molecule has 1 atom stereocenters. The highest BCUT2D eigenvalue weighted by molar-refractivity contribution is 7.89. The Kier molecular flexibility index (Phi) is 9.66. The number of hydrogen-bond donors (Lipinski definition) is 5. The summed E-state index contributed by atoms with van der Waals surface area (Å²) in [5.74, 6) is -1.53. The summed E-state index contributed by atoms with van der Waals surface area (Å²) in [6.07, 6.45) is 1.00. The van der Waals surface area contributed by atoms with E-state index in [-0.39, 0.29) is 12.3 Å². The Morgan fingerprint density at radius 2 is 1.80 bits per heavy atom. The zero-order valence-corrected chi connectivity index (χ0v) is 19.3. The molecule has 188 valence electrons. The number of rotatable bonds is 14. The molecule has 0 saturated carbocycles. The van der Waals surface area contributed by atoms with Crippen molar-refractivity contribution in [3.8, 4) is 5.75 Å². The molecule has 2 aromatic rings. The molecule has 2 rings (SSSR count). The molecule has 0 aliphatic heterocycles.